The molecule has 1 saturated heterocycles. The van der Waals surface area contributed by atoms with Crippen LogP contribution in [-0.4, -0.2) is 37.0 Å². The molecule has 4 fully saturated rings. The van der Waals surface area contributed by atoms with Crippen molar-refractivity contribution in [3.63, 3.8) is 0 Å². The van der Waals surface area contributed by atoms with E-state index < -0.39 is 0 Å². The van der Waals surface area contributed by atoms with Crippen LogP contribution in [0.1, 0.15) is 52.9 Å². The maximum absolute atomic E-state index is 13.5. The first-order valence-electron chi connectivity index (χ1n) is 10.5. The maximum atomic E-state index is 13.5. The van der Waals surface area contributed by atoms with Gasteiger partial charge in [-0.15, -0.1) is 0 Å². The smallest absolute Gasteiger partial charge is 0.156 e. The standard InChI is InChI=1S/C23H30O4/c1-13(24)16-6-7-17-15-5-4-14-10-19-20(27-9-8-26-19)12-22(14,2)21(15)18(25)11-23(16,17)3/h6-7,14-15,19-21H,4-5,8-12H2,1-3H3/t14?,15-,19?,20?,21+,22-,23+/m0/s1. The molecule has 1 aliphatic heterocycles. The van der Waals surface area contributed by atoms with E-state index in [2.05, 4.69) is 19.9 Å². The summed E-state index contributed by atoms with van der Waals surface area (Å²) in [6.45, 7) is 7.43. The van der Waals surface area contributed by atoms with Crippen molar-refractivity contribution in [1.82, 2.24) is 0 Å². The number of hydrogen-bond acceptors (Lipinski definition) is 4. The van der Waals surface area contributed by atoms with Crippen molar-refractivity contribution in [3.05, 3.63) is 23.3 Å². The normalized spacial score (nSPS) is 48.6. The first kappa shape index (κ1) is 17.8. The molecule has 27 heavy (non-hydrogen) atoms. The van der Waals surface area contributed by atoms with Crippen LogP contribution in [0.25, 0.3) is 0 Å². The van der Waals surface area contributed by atoms with Gasteiger partial charge in [0.15, 0.2) is 5.78 Å². The minimum atomic E-state index is -0.380. The highest BCUT2D eigenvalue weighted by Crippen LogP contribution is 2.64. The summed E-state index contributed by atoms with van der Waals surface area (Å²) in [6, 6.07) is 0. The molecule has 0 aromatic heterocycles. The van der Waals surface area contributed by atoms with Gasteiger partial charge in [0.05, 0.1) is 25.4 Å². The predicted molar refractivity (Wildman–Crippen MR) is 101 cm³/mol. The largest absolute Gasteiger partial charge is 0.373 e. The van der Waals surface area contributed by atoms with Gasteiger partial charge in [0.25, 0.3) is 0 Å². The van der Waals surface area contributed by atoms with Gasteiger partial charge in [-0.05, 0) is 49.9 Å². The highest BCUT2D eigenvalue weighted by molar-refractivity contribution is 5.99. The van der Waals surface area contributed by atoms with Crippen molar-refractivity contribution < 1.29 is 19.1 Å². The Morgan fingerprint density at radius 3 is 2.59 bits per heavy atom. The monoisotopic (exact) mass is 370 g/mol. The molecule has 0 amide bonds. The average Bonchev–Trinajstić information content (AvgIpc) is 2.96. The zero-order valence-electron chi connectivity index (χ0n) is 16.6. The molecule has 3 saturated carbocycles. The third kappa shape index (κ3) is 2.35. The lowest BCUT2D eigenvalue weighted by Gasteiger charge is -2.60. The quantitative estimate of drug-likeness (QED) is 0.707. The number of carbonyl (C=O) groups is 2. The fourth-order valence-corrected chi connectivity index (χ4v) is 7.33. The number of carbonyl (C=O) groups excluding carboxylic acids is 2. The molecule has 0 bridgehead atoms. The summed E-state index contributed by atoms with van der Waals surface area (Å²) in [6.07, 6.45) is 9.08. The van der Waals surface area contributed by atoms with Gasteiger partial charge in [0.2, 0.25) is 0 Å². The van der Waals surface area contributed by atoms with Crippen LogP contribution in [0.5, 0.6) is 0 Å². The summed E-state index contributed by atoms with van der Waals surface area (Å²) in [5, 5.41) is 0. The van der Waals surface area contributed by atoms with Gasteiger partial charge in [-0.2, -0.15) is 0 Å². The Labute approximate surface area is 161 Å². The Bertz CT molecular complexity index is 764. The van der Waals surface area contributed by atoms with Crippen molar-refractivity contribution in [2.75, 3.05) is 13.2 Å². The molecule has 0 aromatic rings. The van der Waals surface area contributed by atoms with Crippen LogP contribution in [0.3, 0.4) is 0 Å². The van der Waals surface area contributed by atoms with E-state index in [1.165, 1.54) is 5.57 Å². The Morgan fingerprint density at radius 2 is 1.85 bits per heavy atom. The molecule has 5 rings (SSSR count). The summed E-state index contributed by atoms with van der Waals surface area (Å²) in [5.74, 6) is 1.31. The first-order valence-corrected chi connectivity index (χ1v) is 10.5. The van der Waals surface area contributed by atoms with E-state index in [0.29, 0.717) is 31.3 Å². The van der Waals surface area contributed by atoms with Crippen LogP contribution in [-0.2, 0) is 19.1 Å². The lowest BCUT2D eigenvalue weighted by molar-refractivity contribution is -0.205. The van der Waals surface area contributed by atoms with E-state index >= 15 is 0 Å². The summed E-state index contributed by atoms with van der Waals surface area (Å²) >= 11 is 0. The fraction of sp³-hybridized carbons (Fsp3) is 0.739. The van der Waals surface area contributed by atoms with E-state index in [-0.39, 0.29) is 40.7 Å². The van der Waals surface area contributed by atoms with Crippen LogP contribution >= 0.6 is 0 Å². The zero-order chi connectivity index (χ0) is 19.0. The second kappa shape index (κ2) is 5.87. The molecule has 4 nitrogen and oxygen atoms in total. The van der Waals surface area contributed by atoms with Crippen LogP contribution < -0.4 is 0 Å². The first-order chi connectivity index (χ1) is 12.8. The average molecular weight is 370 g/mol. The molecule has 146 valence electrons. The maximum Gasteiger partial charge on any atom is 0.156 e. The highest BCUT2D eigenvalue weighted by Gasteiger charge is 2.61. The van der Waals surface area contributed by atoms with Crippen molar-refractivity contribution in [2.24, 2.45) is 28.6 Å². The third-order valence-corrected chi connectivity index (χ3v) is 8.51. The van der Waals surface area contributed by atoms with E-state index in [9.17, 15) is 9.59 Å². The number of rotatable bonds is 1. The summed E-state index contributed by atoms with van der Waals surface area (Å²) in [7, 11) is 0. The Balaban J connectivity index is 1.50. The topological polar surface area (TPSA) is 52.6 Å². The number of allylic oxidation sites excluding steroid dienone is 4. The van der Waals surface area contributed by atoms with Gasteiger partial charge in [-0.25, -0.2) is 0 Å². The zero-order valence-corrected chi connectivity index (χ0v) is 16.6. The molecular formula is C23H30O4. The molecule has 0 spiro atoms. The Kier molecular flexibility index (Phi) is 3.87. The van der Waals surface area contributed by atoms with E-state index in [0.717, 1.165) is 31.3 Å². The van der Waals surface area contributed by atoms with Gasteiger partial charge < -0.3 is 9.47 Å². The SMILES string of the molecule is CC(=O)C1=CC=C2[C@@H]3CCC4CC5OCCOC5C[C@]4(C)[C@H]3C(=O)C[C@]12C. The Morgan fingerprint density at radius 1 is 1.11 bits per heavy atom. The number of hydrogen-bond donors (Lipinski definition) is 0. The second-order valence-corrected chi connectivity index (χ2v) is 9.86. The minimum absolute atomic E-state index is 0.0248. The highest BCUT2D eigenvalue weighted by atomic mass is 16.6. The molecule has 1 heterocycles. The van der Waals surface area contributed by atoms with E-state index in [1.54, 1.807) is 6.92 Å². The molecule has 0 aromatic carbocycles. The molecule has 3 unspecified atom stereocenters. The van der Waals surface area contributed by atoms with Gasteiger partial charge in [-0.3, -0.25) is 9.59 Å². The van der Waals surface area contributed by atoms with E-state index in [1.807, 2.05) is 6.08 Å². The van der Waals surface area contributed by atoms with Crippen LogP contribution in [0.4, 0.5) is 0 Å². The molecule has 5 aliphatic rings. The molecule has 7 atom stereocenters. The van der Waals surface area contributed by atoms with Crippen molar-refractivity contribution in [2.45, 2.75) is 65.1 Å². The van der Waals surface area contributed by atoms with Crippen LogP contribution in [0.15, 0.2) is 23.3 Å². The summed E-state index contributed by atoms with van der Waals surface area (Å²) in [5.41, 5.74) is 1.75. The van der Waals surface area contributed by atoms with Gasteiger partial charge in [0, 0.05) is 23.3 Å². The lowest BCUT2D eigenvalue weighted by Crippen LogP contribution is -2.59. The molecular weight excluding hydrogens is 340 g/mol. The number of fused-ring (bicyclic) bond motifs is 6. The minimum Gasteiger partial charge on any atom is -0.373 e. The van der Waals surface area contributed by atoms with Crippen LogP contribution in [0, 0.1) is 28.6 Å². The fourth-order valence-electron chi connectivity index (χ4n) is 7.33. The number of ether oxygens (including phenoxy) is 2. The molecule has 0 radical (unpaired) electrons. The van der Waals surface area contributed by atoms with E-state index in [4.69, 9.17) is 9.47 Å². The predicted octanol–water partition coefficient (Wildman–Crippen LogP) is 3.65. The molecule has 4 heteroatoms. The number of Topliss-reactive ketones (excluding diaryl/α,β-unsaturated/α-hetero) is 2. The number of ketones is 2. The third-order valence-electron chi connectivity index (χ3n) is 8.51. The van der Waals surface area contributed by atoms with Gasteiger partial charge in [-0.1, -0.05) is 31.6 Å². The van der Waals surface area contributed by atoms with Crippen molar-refractivity contribution >= 4 is 11.6 Å². The second-order valence-electron chi connectivity index (χ2n) is 9.86. The van der Waals surface area contributed by atoms with Gasteiger partial charge in [0.1, 0.15) is 5.78 Å². The molecule has 4 aliphatic carbocycles. The Hall–Kier alpha value is -1.26. The summed E-state index contributed by atoms with van der Waals surface area (Å²) in [4.78, 5) is 25.7. The van der Waals surface area contributed by atoms with Gasteiger partial charge >= 0.3 is 0 Å². The van der Waals surface area contributed by atoms with Crippen molar-refractivity contribution in [1.29, 1.82) is 0 Å². The van der Waals surface area contributed by atoms with Crippen molar-refractivity contribution in [3.8, 4) is 0 Å². The summed E-state index contributed by atoms with van der Waals surface area (Å²) < 4.78 is 12.1. The lowest BCUT2D eigenvalue weighted by atomic mass is 9.45. The molecule has 0 N–H and O–H groups in total. The van der Waals surface area contributed by atoms with Crippen LogP contribution in [0.2, 0.25) is 0 Å².